The van der Waals surface area contributed by atoms with Gasteiger partial charge in [0, 0.05) is 30.9 Å². The fourth-order valence-electron chi connectivity index (χ4n) is 3.86. The molecule has 0 saturated heterocycles. The summed E-state index contributed by atoms with van der Waals surface area (Å²) in [5, 5.41) is 0.551. The standard InChI is InChI=1S/C25H31N7O2S/c1-8-31(24(33)34-25(5,6)7)23-28-14-21(35-23)22-26-10-9-17(30-22)11-18-12-20-19(13-27-18)29-16(4)32(20)15(2)3/h9-10,12-15H,8,11H2,1-7H3. The SMILES string of the molecule is CCN(C(=O)OC(C)(C)C)c1ncc(-c2nccc(Cc3cc4c(cn3)nc(C)n4C(C)C)n2)s1. The van der Waals surface area contributed by atoms with E-state index < -0.39 is 11.7 Å². The Labute approximate surface area is 209 Å². The molecule has 0 aliphatic rings. The Kier molecular flexibility index (Phi) is 6.84. The van der Waals surface area contributed by atoms with Gasteiger partial charge in [-0.1, -0.05) is 11.3 Å². The number of carbonyl (C=O) groups is 1. The topological polar surface area (TPSA) is 98.9 Å². The van der Waals surface area contributed by atoms with Crippen LogP contribution < -0.4 is 4.90 Å². The molecule has 0 atom stereocenters. The number of rotatable bonds is 6. The average molecular weight is 494 g/mol. The van der Waals surface area contributed by atoms with E-state index in [1.807, 2.05) is 46.9 Å². The van der Waals surface area contributed by atoms with Crippen LogP contribution in [-0.4, -0.2) is 47.7 Å². The molecule has 0 radical (unpaired) electrons. The van der Waals surface area contributed by atoms with Gasteiger partial charge in [0.25, 0.3) is 0 Å². The lowest BCUT2D eigenvalue weighted by atomic mass is 10.2. The number of anilines is 1. The van der Waals surface area contributed by atoms with Gasteiger partial charge in [-0.25, -0.2) is 24.7 Å². The van der Waals surface area contributed by atoms with Crippen molar-refractivity contribution in [1.82, 2.24) is 29.5 Å². The second-order valence-corrected chi connectivity index (χ2v) is 10.6. The summed E-state index contributed by atoms with van der Waals surface area (Å²) in [7, 11) is 0. The second kappa shape index (κ2) is 9.69. The number of nitrogens with zero attached hydrogens (tertiary/aromatic N) is 7. The molecular formula is C25H31N7O2S. The van der Waals surface area contributed by atoms with E-state index in [1.165, 1.54) is 16.2 Å². The highest BCUT2D eigenvalue weighted by molar-refractivity contribution is 7.19. The smallest absolute Gasteiger partial charge is 0.416 e. The van der Waals surface area contributed by atoms with Gasteiger partial charge < -0.3 is 9.30 Å². The van der Waals surface area contributed by atoms with Crippen molar-refractivity contribution < 1.29 is 9.53 Å². The molecule has 0 saturated carbocycles. The lowest BCUT2D eigenvalue weighted by Gasteiger charge is -2.24. The van der Waals surface area contributed by atoms with Gasteiger partial charge in [-0.05, 0) is 60.6 Å². The van der Waals surface area contributed by atoms with Crippen LogP contribution in [0.5, 0.6) is 0 Å². The van der Waals surface area contributed by atoms with Crippen LogP contribution in [0.15, 0.2) is 30.7 Å². The van der Waals surface area contributed by atoms with Gasteiger partial charge in [-0.15, -0.1) is 0 Å². The maximum absolute atomic E-state index is 12.6. The van der Waals surface area contributed by atoms with Crippen LogP contribution in [0.25, 0.3) is 21.7 Å². The third-order valence-electron chi connectivity index (χ3n) is 5.28. The van der Waals surface area contributed by atoms with Crippen LogP contribution in [0.4, 0.5) is 9.93 Å². The molecule has 4 aromatic rings. The summed E-state index contributed by atoms with van der Waals surface area (Å²) in [6.45, 7) is 14.2. The number of amides is 1. The lowest BCUT2D eigenvalue weighted by Crippen LogP contribution is -2.36. The van der Waals surface area contributed by atoms with Crippen molar-refractivity contribution >= 4 is 33.6 Å². The molecular weight excluding hydrogens is 462 g/mol. The van der Waals surface area contributed by atoms with Crippen LogP contribution in [0.3, 0.4) is 0 Å². The van der Waals surface area contributed by atoms with Crippen LogP contribution in [0.2, 0.25) is 0 Å². The molecule has 10 heteroatoms. The predicted molar refractivity (Wildman–Crippen MR) is 138 cm³/mol. The van der Waals surface area contributed by atoms with Gasteiger partial charge in [-0.3, -0.25) is 9.88 Å². The third-order valence-corrected chi connectivity index (χ3v) is 6.29. The maximum Gasteiger partial charge on any atom is 0.416 e. The number of fused-ring (bicyclic) bond motifs is 1. The van der Waals surface area contributed by atoms with Crippen LogP contribution in [0, 0.1) is 6.92 Å². The first-order chi connectivity index (χ1) is 16.6. The first-order valence-electron chi connectivity index (χ1n) is 11.7. The van der Waals surface area contributed by atoms with Crippen molar-refractivity contribution in [2.75, 3.05) is 11.4 Å². The average Bonchev–Trinajstić information content (AvgIpc) is 3.37. The van der Waals surface area contributed by atoms with Crippen molar-refractivity contribution in [3.8, 4) is 10.7 Å². The molecule has 0 aromatic carbocycles. The van der Waals surface area contributed by atoms with E-state index in [4.69, 9.17) is 9.72 Å². The Morgan fingerprint density at radius 1 is 1.14 bits per heavy atom. The zero-order valence-electron chi connectivity index (χ0n) is 21.2. The highest BCUT2D eigenvalue weighted by atomic mass is 32.1. The molecule has 0 aliphatic carbocycles. The van der Waals surface area contributed by atoms with E-state index >= 15 is 0 Å². The molecule has 1 amide bonds. The molecule has 35 heavy (non-hydrogen) atoms. The van der Waals surface area contributed by atoms with E-state index in [2.05, 4.69) is 44.4 Å². The van der Waals surface area contributed by atoms with Crippen molar-refractivity contribution in [2.24, 2.45) is 0 Å². The second-order valence-electron chi connectivity index (χ2n) is 9.57. The lowest BCUT2D eigenvalue weighted by molar-refractivity contribution is 0.0582. The third kappa shape index (κ3) is 5.48. The number of pyridine rings is 1. The number of aromatic nitrogens is 6. The molecule has 0 unspecified atom stereocenters. The maximum atomic E-state index is 12.6. The normalized spacial score (nSPS) is 11.9. The molecule has 0 bridgehead atoms. The van der Waals surface area contributed by atoms with Crippen LogP contribution >= 0.6 is 11.3 Å². The summed E-state index contributed by atoms with van der Waals surface area (Å²) in [5.74, 6) is 1.54. The molecule has 184 valence electrons. The Balaban J connectivity index is 1.57. The van der Waals surface area contributed by atoms with Crippen molar-refractivity contribution in [3.05, 3.63) is 47.9 Å². The first kappa shape index (κ1) is 24.7. The van der Waals surface area contributed by atoms with Gasteiger partial charge in [0.1, 0.15) is 16.9 Å². The number of hydrogen-bond acceptors (Lipinski definition) is 8. The number of imidazole rings is 1. The minimum absolute atomic E-state index is 0.310. The first-order valence-corrected chi connectivity index (χ1v) is 12.5. The van der Waals surface area contributed by atoms with Gasteiger partial charge in [0.15, 0.2) is 11.0 Å². The van der Waals surface area contributed by atoms with Gasteiger partial charge in [0.2, 0.25) is 0 Å². The van der Waals surface area contributed by atoms with E-state index in [1.54, 1.807) is 12.4 Å². The predicted octanol–water partition coefficient (Wildman–Crippen LogP) is 5.59. The summed E-state index contributed by atoms with van der Waals surface area (Å²) in [6.07, 6.45) is 5.40. The molecule has 0 fully saturated rings. The summed E-state index contributed by atoms with van der Waals surface area (Å²) >= 11 is 1.36. The zero-order valence-corrected chi connectivity index (χ0v) is 22.1. The Hall–Kier alpha value is -3.40. The van der Waals surface area contributed by atoms with E-state index in [0.29, 0.717) is 30.0 Å². The van der Waals surface area contributed by atoms with E-state index in [0.717, 1.165) is 33.1 Å². The highest BCUT2D eigenvalue weighted by Crippen LogP contribution is 2.30. The fourth-order valence-corrected chi connectivity index (χ4v) is 4.77. The number of thiazole rings is 1. The molecule has 9 nitrogen and oxygen atoms in total. The number of hydrogen-bond donors (Lipinski definition) is 0. The van der Waals surface area contributed by atoms with Gasteiger partial charge in [-0.2, -0.15) is 0 Å². The summed E-state index contributed by atoms with van der Waals surface area (Å²) in [5.41, 5.74) is 3.15. The summed E-state index contributed by atoms with van der Waals surface area (Å²) < 4.78 is 7.73. The van der Waals surface area contributed by atoms with Gasteiger partial charge >= 0.3 is 6.09 Å². The Morgan fingerprint density at radius 2 is 1.91 bits per heavy atom. The minimum Gasteiger partial charge on any atom is -0.443 e. The number of carbonyl (C=O) groups excluding carboxylic acids is 1. The zero-order chi connectivity index (χ0) is 25.3. The molecule has 4 aromatic heterocycles. The summed E-state index contributed by atoms with van der Waals surface area (Å²) in [4.78, 5) is 37.7. The highest BCUT2D eigenvalue weighted by Gasteiger charge is 2.25. The molecule has 0 aliphatic heterocycles. The van der Waals surface area contributed by atoms with Crippen LogP contribution in [-0.2, 0) is 11.2 Å². The van der Waals surface area contributed by atoms with Gasteiger partial charge in [0.05, 0.1) is 28.5 Å². The van der Waals surface area contributed by atoms with E-state index in [-0.39, 0.29) is 0 Å². The molecule has 0 spiro atoms. The van der Waals surface area contributed by atoms with Crippen molar-refractivity contribution in [2.45, 2.75) is 66.5 Å². The molecule has 0 N–H and O–H groups in total. The Bertz CT molecular complexity index is 1350. The van der Waals surface area contributed by atoms with Crippen LogP contribution in [0.1, 0.15) is 64.8 Å². The quantitative estimate of drug-likeness (QED) is 0.345. The minimum atomic E-state index is -0.579. The largest absolute Gasteiger partial charge is 0.443 e. The Morgan fingerprint density at radius 3 is 2.60 bits per heavy atom. The fraction of sp³-hybridized carbons (Fsp3) is 0.440. The molecule has 4 rings (SSSR count). The monoisotopic (exact) mass is 493 g/mol. The van der Waals surface area contributed by atoms with Crippen molar-refractivity contribution in [3.63, 3.8) is 0 Å². The number of ether oxygens (including phenoxy) is 1. The van der Waals surface area contributed by atoms with Crippen molar-refractivity contribution in [1.29, 1.82) is 0 Å². The molecule has 4 heterocycles. The number of aryl methyl sites for hydroxylation is 1. The summed E-state index contributed by atoms with van der Waals surface area (Å²) in [6, 6.07) is 4.29. The van der Waals surface area contributed by atoms with E-state index in [9.17, 15) is 4.79 Å².